The van der Waals surface area contributed by atoms with E-state index in [1.54, 1.807) is 0 Å². The molecule has 0 unspecified atom stereocenters. The molecule has 20 heavy (non-hydrogen) atoms. The monoisotopic (exact) mass is 285 g/mol. The van der Waals surface area contributed by atoms with Gasteiger partial charge in [-0.3, -0.25) is 0 Å². The number of hydrogen-bond donors (Lipinski definition) is 1. The Labute approximate surface area is 126 Å². The molecular formula is C18H20ClN. The van der Waals surface area contributed by atoms with Crippen LogP contribution in [0.3, 0.4) is 0 Å². The van der Waals surface area contributed by atoms with Crippen molar-refractivity contribution in [2.75, 3.05) is 6.54 Å². The Morgan fingerprint density at radius 2 is 1.35 bits per heavy atom. The predicted octanol–water partition coefficient (Wildman–Crippen LogP) is 4.18. The van der Waals surface area contributed by atoms with Gasteiger partial charge in [0.2, 0.25) is 0 Å². The van der Waals surface area contributed by atoms with Crippen LogP contribution in [0.5, 0.6) is 0 Å². The Hall–Kier alpha value is -1.57. The van der Waals surface area contributed by atoms with Crippen molar-refractivity contribution in [1.82, 2.24) is 5.32 Å². The molecular weight excluding hydrogens is 266 g/mol. The van der Waals surface area contributed by atoms with E-state index in [1.807, 2.05) is 12.1 Å². The second-order valence-electron chi connectivity index (χ2n) is 4.97. The zero-order chi connectivity index (χ0) is 14.2. The van der Waals surface area contributed by atoms with E-state index >= 15 is 0 Å². The van der Waals surface area contributed by atoms with E-state index < -0.39 is 0 Å². The Balaban J connectivity index is 2.02. The Morgan fingerprint density at radius 3 is 1.75 bits per heavy atom. The first-order chi connectivity index (χ1) is 9.74. The number of hydrogen-bond acceptors (Lipinski definition) is 1. The minimum absolute atomic E-state index is 0.357. The van der Waals surface area contributed by atoms with E-state index in [0.717, 1.165) is 12.8 Å². The summed E-state index contributed by atoms with van der Waals surface area (Å²) in [7, 11) is 0. The van der Waals surface area contributed by atoms with Gasteiger partial charge >= 0.3 is 0 Å². The molecule has 104 valence electrons. The summed E-state index contributed by atoms with van der Waals surface area (Å²) in [5, 5.41) is 4.13. The smallest absolute Gasteiger partial charge is 0.0310 e. The van der Waals surface area contributed by atoms with Crippen LogP contribution in [0.15, 0.2) is 72.3 Å². The van der Waals surface area contributed by atoms with Gasteiger partial charge in [0.15, 0.2) is 0 Å². The molecule has 0 bridgehead atoms. The lowest BCUT2D eigenvalue weighted by atomic mass is 9.99. The van der Waals surface area contributed by atoms with Crippen molar-refractivity contribution in [1.29, 1.82) is 0 Å². The highest BCUT2D eigenvalue weighted by Gasteiger charge is 2.10. The normalized spacial score (nSPS) is 10.7. The second-order valence-corrected chi connectivity index (χ2v) is 5.51. The fourth-order valence-corrected chi connectivity index (χ4v) is 2.35. The van der Waals surface area contributed by atoms with Crippen LogP contribution in [0, 0.1) is 0 Å². The summed E-state index contributed by atoms with van der Waals surface area (Å²) < 4.78 is 0. The van der Waals surface area contributed by atoms with Gasteiger partial charge in [-0.15, -0.1) is 0 Å². The van der Waals surface area contributed by atoms with Gasteiger partial charge in [0, 0.05) is 17.6 Å². The van der Waals surface area contributed by atoms with Gasteiger partial charge in [0.25, 0.3) is 0 Å². The fourth-order valence-electron chi connectivity index (χ4n) is 2.27. The molecule has 0 aromatic heterocycles. The van der Waals surface area contributed by atoms with Crippen LogP contribution < -0.4 is 5.32 Å². The lowest BCUT2D eigenvalue weighted by molar-refractivity contribution is 0.532. The van der Waals surface area contributed by atoms with Crippen molar-refractivity contribution in [3.05, 3.63) is 83.4 Å². The maximum absolute atomic E-state index is 5.87. The highest BCUT2D eigenvalue weighted by molar-refractivity contribution is 6.29. The fraction of sp³-hybridized carbons (Fsp3) is 0.222. The first-order valence-electron chi connectivity index (χ1n) is 6.88. The maximum Gasteiger partial charge on any atom is 0.0310 e. The minimum atomic E-state index is 0.357. The molecule has 0 spiro atoms. The van der Waals surface area contributed by atoms with E-state index in [4.69, 9.17) is 11.6 Å². The van der Waals surface area contributed by atoms with Crippen molar-refractivity contribution in [2.45, 2.75) is 18.9 Å². The highest BCUT2D eigenvalue weighted by Crippen LogP contribution is 2.10. The molecule has 1 N–H and O–H groups in total. The van der Waals surface area contributed by atoms with E-state index in [-0.39, 0.29) is 0 Å². The largest absolute Gasteiger partial charge is 0.308 e. The van der Waals surface area contributed by atoms with Crippen LogP contribution in [-0.2, 0) is 12.8 Å². The second kappa shape index (κ2) is 7.88. The molecule has 0 aliphatic carbocycles. The quantitative estimate of drug-likeness (QED) is 0.805. The molecule has 0 saturated carbocycles. The third kappa shape index (κ3) is 5.20. The summed E-state index contributed by atoms with van der Waals surface area (Å²) in [5.41, 5.74) is 2.67. The lowest BCUT2D eigenvalue weighted by Gasteiger charge is -2.19. The van der Waals surface area contributed by atoms with E-state index in [2.05, 4.69) is 60.4 Å². The maximum atomic E-state index is 5.87. The molecule has 0 fully saturated rings. The standard InChI is InChI=1S/C18H20ClN/c1-15(19)14-20-18(12-16-8-4-2-5-9-16)13-17-10-6-3-7-11-17/h2-11,18,20H,1,12-14H2. The molecule has 0 aliphatic rings. The van der Waals surface area contributed by atoms with Crippen LogP contribution in [0.4, 0.5) is 0 Å². The third-order valence-corrected chi connectivity index (χ3v) is 3.37. The number of halogens is 1. The molecule has 0 heterocycles. The number of benzene rings is 2. The average molecular weight is 286 g/mol. The first-order valence-corrected chi connectivity index (χ1v) is 7.26. The topological polar surface area (TPSA) is 12.0 Å². The molecule has 1 nitrogen and oxygen atoms in total. The Kier molecular flexibility index (Phi) is 5.85. The minimum Gasteiger partial charge on any atom is -0.308 e. The summed E-state index contributed by atoms with van der Waals surface area (Å²) in [4.78, 5) is 0. The Bertz CT molecular complexity index is 480. The molecule has 0 amide bonds. The van der Waals surface area contributed by atoms with Crippen molar-refractivity contribution in [3.8, 4) is 0 Å². The van der Waals surface area contributed by atoms with Crippen molar-refractivity contribution in [2.24, 2.45) is 0 Å². The molecule has 2 heteroatoms. The van der Waals surface area contributed by atoms with E-state index in [1.165, 1.54) is 11.1 Å². The number of rotatable bonds is 7. The third-order valence-electron chi connectivity index (χ3n) is 3.23. The molecule has 0 aliphatic heterocycles. The SMILES string of the molecule is C=C(Cl)CNC(Cc1ccccc1)Cc1ccccc1. The first kappa shape index (κ1) is 14.8. The van der Waals surface area contributed by atoms with Gasteiger partial charge in [0.05, 0.1) is 0 Å². The summed E-state index contributed by atoms with van der Waals surface area (Å²) in [6.07, 6.45) is 1.97. The number of nitrogens with one attached hydrogen (secondary N) is 1. The zero-order valence-electron chi connectivity index (χ0n) is 11.6. The summed E-state index contributed by atoms with van der Waals surface area (Å²) in [5.74, 6) is 0. The van der Waals surface area contributed by atoms with Gasteiger partial charge in [0.1, 0.15) is 0 Å². The molecule has 2 rings (SSSR count). The van der Waals surface area contributed by atoms with Gasteiger partial charge in [-0.2, -0.15) is 0 Å². The van der Waals surface area contributed by atoms with Crippen LogP contribution in [0.2, 0.25) is 0 Å². The zero-order valence-corrected chi connectivity index (χ0v) is 12.3. The van der Waals surface area contributed by atoms with Crippen molar-refractivity contribution >= 4 is 11.6 Å². The van der Waals surface area contributed by atoms with Gasteiger partial charge in [-0.05, 0) is 24.0 Å². The summed E-state index contributed by atoms with van der Waals surface area (Å²) >= 11 is 5.87. The average Bonchev–Trinajstić information content (AvgIpc) is 2.47. The van der Waals surface area contributed by atoms with Gasteiger partial charge in [-0.1, -0.05) is 78.8 Å². The molecule has 0 radical (unpaired) electrons. The van der Waals surface area contributed by atoms with Crippen molar-refractivity contribution in [3.63, 3.8) is 0 Å². The Morgan fingerprint density at radius 1 is 0.900 bits per heavy atom. The van der Waals surface area contributed by atoms with Gasteiger partial charge < -0.3 is 5.32 Å². The lowest BCUT2D eigenvalue weighted by Crippen LogP contribution is -2.34. The molecule has 2 aromatic carbocycles. The van der Waals surface area contributed by atoms with Crippen LogP contribution in [0.25, 0.3) is 0 Å². The summed E-state index contributed by atoms with van der Waals surface area (Å²) in [6.45, 7) is 4.39. The van der Waals surface area contributed by atoms with Crippen LogP contribution in [-0.4, -0.2) is 12.6 Å². The highest BCUT2D eigenvalue weighted by atomic mass is 35.5. The molecule has 0 atom stereocenters. The van der Waals surface area contributed by atoms with Crippen molar-refractivity contribution < 1.29 is 0 Å². The van der Waals surface area contributed by atoms with E-state index in [0.29, 0.717) is 17.6 Å². The summed E-state index contributed by atoms with van der Waals surface area (Å²) in [6, 6.07) is 21.4. The van der Waals surface area contributed by atoms with E-state index in [9.17, 15) is 0 Å². The van der Waals surface area contributed by atoms with Crippen LogP contribution >= 0.6 is 11.6 Å². The predicted molar refractivity (Wildman–Crippen MR) is 87.1 cm³/mol. The van der Waals surface area contributed by atoms with Crippen LogP contribution in [0.1, 0.15) is 11.1 Å². The molecule has 2 aromatic rings. The van der Waals surface area contributed by atoms with Gasteiger partial charge in [-0.25, -0.2) is 0 Å². The molecule has 0 saturated heterocycles.